The number of nitrogens with zero attached hydrogens (tertiary/aromatic N) is 3. The molecule has 3 heterocycles. The van der Waals surface area contributed by atoms with Gasteiger partial charge in [-0.3, -0.25) is 19.3 Å². The number of aromatic nitrogens is 3. The zero-order chi connectivity index (χ0) is 19.5. The zero-order valence-corrected chi connectivity index (χ0v) is 15.5. The molecule has 1 atom stereocenters. The van der Waals surface area contributed by atoms with E-state index in [0.717, 1.165) is 16.5 Å². The molecule has 2 amide bonds. The van der Waals surface area contributed by atoms with Crippen LogP contribution in [0.5, 0.6) is 0 Å². The molecule has 1 aliphatic rings. The first-order valence-corrected chi connectivity index (χ1v) is 9.14. The molecule has 0 unspecified atom stereocenters. The van der Waals surface area contributed by atoms with E-state index in [-0.39, 0.29) is 17.9 Å². The minimum atomic E-state index is -0.223. The van der Waals surface area contributed by atoms with Crippen molar-refractivity contribution >= 4 is 22.6 Å². The summed E-state index contributed by atoms with van der Waals surface area (Å²) in [6.07, 6.45) is 2.26. The summed E-state index contributed by atoms with van der Waals surface area (Å²) in [5.74, 6) is -0.426. The Bertz CT molecular complexity index is 1000. The SMILES string of the molecule is COCCNC(=O)c1cc2n(n1)C[C@@H](NC(=O)c1nccc3ccccc13)C2. The summed E-state index contributed by atoms with van der Waals surface area (Å²) in [6.45, 7) is 1.42. The van der Waals surface area contributed by atoms with E-state index in [2.05, 4.69) is 20.7 Å². The largest absolute Gasteiger partial charge is 0.383 e. The Kier molecular flexibility index (Phi) is 5.03. The molecule has 0 bridgehead atoms. The standard InChI is InChI=1S/C20H21N5O3/c1-28-9-8-22-19(26)17-11-15-10-14(12-25(15)24-17)23-20(27)18-16-5-3-2-4-13(16)6-7-21-18/h2-7,11,14H,8-10,12H2,1H3,(H,22,26)(H,23,27)/t14-/m0/s1. The zero-order valence-electron chi connectivity index (χ0n) is 15.5. The fourth-order valence-electron chi connectivity index (χ4n) is 3.42. The number of hydrogen-bond acceptors (Lipinski definition) is 5. The minimum absolute atomic E-state index is 0.0821. The van der Waals surface area contributed by atoms with E-state index in [1.54, 1.807) is 24.1 Å². The van der Waals surface area contributed by atoms with E-state index in [0.29, 0.717) is 37.5 Å². The second-order valence-corrected chi connectivity index (χ2v) is 6.71. The van der Waals surface area contributed by atoms with Crippen molar-refractivity contribution in [3.05, 3.63) is 59.7 Å². The Morgan fingerprint density at radius 2 is 2.11 bits per heavy atom. The Morgan fingerprint density at radius 3 is 2.93 bits per heavy atom. The van der Waals surface area contributed by atoms with E-state index in [1.807, 2.05) is 30.3 Å². The van der Waals surface area contributed by atoms with Crippen molar-refractivity contribution in [1.82, 2.24) is 25.4 Å². The molecule has 28 heavy (non-hydrogen) atoms. The molecule has 0 radical (unpaired) electrons. The van der Waals surface area contributed by atoms with Crippen LogP contribution in [-0.4, -0.2) is 52.9 Å². The summed E-state index contributed by atoms with van der Waals surface area (Å²) < 4.78 is 6.69. The quantitative estimate of drug-likeness (QED) is 0.627. The molecule has 4 rings (SSSR count). The number of amides is 2. The number of carbonyl (C=O) groups excluding carboxylic acids is 2. The lowest BCUT2D eigenvalue weighted by atomic mass is 10.1. The molecule has 144 valence electrons. The van der Waals surface area contributed by atoms with Gasteiger partial charge in [-0.05, 0) is 17.5 Å². The highest BCUT2D eigenvalue weighted by Crippen LogP contribution is 2.19. The average Bonchev–Trinajstić information content (AvgIpc) is 3.26. The van der Waals surface area contributed by atoms with Gasteiger partial charge in [0.2, 0.25) is 0 Å². The summed E-state index contributed by atoms with van der Waals surface area (Å²) >= 11 is 0. The lowest BCUT2D eigenvalue weighted by molar-refractivity contribution is 0.0920. The second-order valence-electron chi connectivity index (χ2n) is 6.71. The number of carbonyl (C=O) groups is 2. The van der Waals surface area contributed by atoms with Gasteiger partial charge in [-0.2, -0.15) is 5.10 Å². The highest BCUT2D eigenvalue weighted by molar-refractivity contribution is 6.05. The van der Waals surface area contributed by atoms with Crippen LogP contribution in [-0.2, 0) is 17.7 Å². The van der Waals surface area contributed by atoms with Crippen molar-refractivity contribution in [2.45, 2.75) is 19.0 Å². The molecule has 0 fully saturated rings. The molecule has 0 saturated carbocycles. The number of methoxy groups -OCH3 is 1. The smallest absolute Gasteiger partial charge is 0.271 e. The van der Waals surface area contributed by atoms with Crippen molar-refractivity contribution in [3.63, 3.8) is 0 Å². The molecule has 2 aromatic heterocycles. The first-order valence-electron chi connectivity index (χ1n) is 9.14. The van der Waals surface area contributed by atoms with Crippen LogP contribution < -0.4 is 10.6 Å². The number of ether oxygens (including phenoxy) is 1. The minimum Gasteiger partial charge on any atom is -0.383 e. The third-order valence-corrected chi connectivity index (χ3v) is 4.76. The monoisotopic (exact) mass is 379 g/mol. The van der Waals surface area contributed by atoms with E-state index in [4.69, 9.17) is 4.74 Å². The average molecular weight is 379 g/mol. The third kappa shape index (κ3) is 3.59. The van der Waals surface area contributed by atoms with Crippen LogP contribution in [0, 0.1) is 0 Å². The number of rotatable bonds is 6. The van der Waals surface area contributed by atoms with Crippen LogP contribution in [0.15, 0.2) is 42.6 Å². The summed E-state index contributed by atoms with van der Waals surface area (Å²) in [5.41, 5.74) is 1.72. The Hall–Kier alpha value is -3.26. The Morgan fingerprint density at radius 1 is 1.25 bits per heavy atom. The maximum atomic E-state index is 12.7. The van der Waals surface area contributed by atoms with Crippen molar-refractivity contribution < 1.29 is 14.3 Å². The van der Waals surface area contributed by atoms with Crippen LogP contribution >= 0.6 is 0 Å². The fraction of sp³-hybridized carbons (Fsp3) is 0.300. The molecule has 8 heteroatoms. The fourth-order valence-corrected chi connectivity index (χ4v) is 3.42. The maximum Gasteiger partial charge on any atom is 0.271 e. The number of pyridine rings is 1. The van der Waals surface area contributed by atoms with Crippen molar-refractivity contribution in [1.29, 1.82) is 0 Å². The lowest BCUT2D eigenvalue weighted by Crippen LogP contribution is -2.36. The second kappa shape index (κ2) is 7.77. The maximum absolute atomic E-state index is 12.7. The number of benzene rings is 1. The van der Waals surface area contributed by atoms with Crippen LogP contribution in [0.2, 0.25) is 0 Å². The Balaban J connectivity index is 1.41. The summed E-state index contributed by atoms with van der Waals surface area (Å²) in [5, 5.41) is 11.9. The first kappa shape index (κ1) is 18.1. The molecule has 1 aromatic carbocycles. The highest BCUT2D eigenvalue weighted by atomic mass is 16.5. The lowest BCUT2D eigenvalue weighted by Gasteiger charge is -2.12. The summed E-state index contributed by atoms with van der Waals surface area (Å²) in [7, 11) is 1.58. The van der Waals surface area contributed by atoms with Gasteiger partial charge in [0.1, 0.15) is 11.4 Å². The van der Waals surface area contributed by atoms with Crippen molar-refractivity contribution in [3.8, 4) is 0 Å². The van der Waals surface area contributed by atoms with E-state index >= 15 is 0 Å². The van der Waals surface area contributed by atoms with Gasteiger partial charge in [0.05, 0.1) is 19.2 Å². The molecule has 0 aliphatic carbocycles. The third-order valence-electron chi connectivity index (χ3n) is 4.76. The van der Waals surface area contributed by atoms with E-state index in [1.165, 1.54) is 0 Å². The molecule has 0 saturated heterocycles. The van der Waals surface area contributed by atoms with Gasteiger partial charge in [-0.15, -0.1) is 0 Å². The van der Waals surface area contributed by atoms with Gasteiger partial charge < -0.3 is 15.4 Å². The Labute approximate surface area is 161 Å². The molecule has 0 spiro atoms. The van der Waals surface area contributed by atoms with E-state index < -0.39 is 0 Å². The van der Waals surface area contributed by atoms with Crippen LogP contribution in [0.1, 0.15) is 26.7 Å². The first-order chi connectivity index (χ1) is 13.7. The predicted molar refractivity (Wildman–Crippen MR) is 103 cm³/mol. The van der Waals surface area contributed by atoms with Crippen LogP contribution in [0.25, 0.3) is 10.8 Å². The van der Waals surface area contributed by atoms with Gasteiger partial charge in [-0.25, -0.2) is 0 Å². The normalized spacial score (nSPS) is 15.4. The molecular formula is C20H21N5O3. The summed E-state index contributed by atoms with van der Waals surface area (Å²) in [6, 6.07) is 11.3. The molecular weight excluding hydrogens is 358 g/mol. The van der Waals surface area contributed by atoms with Crippen LogP contribution in [0.4, 0.5) is 0 Å². The molecule has 2 N–H and O–H groups in total. The topological polar surface area (TPSA) is 98.1 Å². The van der Waals surface area contributed by atoms with Gasteiger partial charge >= 0.3 is 0 Å². The molecule has 1 aliphatic heterocycles. The number of fused-ring (bicyclic) bond motifs is 2. The summed E-state index contributed by atoms with van der Waals surface area (Å²) in [4.78, 5) is 29.1. The van der Waals surface area contributed by atoms with E-state index in [9.17, 15) is 9.59 Å². The van der Waals surface area contributed by atoms with Crippen molar-refractivity contribution in [2.24, 2.45) is 0 Å². The number of nitrogens with one attached hydrogen (secondary N) is 2. The van der Waals surface area contributed by atoms with Gasteiger partial charge in [-0.1, -0.05) is 24.3 Å². The molecule has 8 nitrogen and oxygen atoms in total. The van der Waals surface area contributed by atoms with Gasteiger partial charge in [0.25, 0.3) is 11.8 Å². The van der Waals surface area contributed by atoms with Gasteiger partial charge in [0, 0.05) is 37.4 Å². The predicted octanol–water partition coefficient (Wildman–Crippen LogP) is 1.16. The number of hydrogen-bond donors (Lipinski definition) is 2. The van der Waals surface area contributed by atoms with Crippen LogP contribution in [0.3, 0.4) is 0 Å². The van der Waals surface area contributed by atoms with Gasteiger partial charge in [0.15, 0.2) is 0 Å². The highest BCUT2D eigenvalue weighted by Gasteiger charge is 2.27. The van der Waals surface area contributed by atoms with Crippen molar-refractivity contribution in [2.75, 3.05) is 20.3 Å². The molecule has 3 aromatic rings.